The molecule has 0 spiro atoms. The summed E-state index contributed by atoms with van der Waals surface area (Å²) in [6, 6.07) is 13.7. The number of carbonyl (C=O) groups is 1. The summed E-state index contributed by atoms with van der Waals surface area (Å²) in [6.07, 6.45) is 1.74. The van der Waals surface area contributed by atoms with Gasteiger partial charge in [-0.2, -0.15) is 4.31 Å². The number of benzene rings is 2. The second-order valence-corrected chi connectivity index (χ2v) is 8.88. The van der Waals surface area contributed by atoms with Gasteiger partial charge in [0.15, 0.2) is 0 Å². The van der Waals surface area contributed by atoms with Gasteiger partial charge in [-0.15, -0.1) is 0 Å². The van der Waals surface area contributed by atoms with E-state index in [1.54, 1.807) is 24.3 Å². The number of anilines is 1. The number of piperidine rings is 1. The SMILES string of the molecule is Cc1cccc(NC(=O)c2cccc(S(=O)(=O)N3CCC(C)CC3)c2)c1. The molecule has 0 radical (unpaired) electrons. The fourth-order valence-electron chi connectivity index (χ4n) is 3.10. The summed E-state index contributed by atoms with van der Waals surface area (Å²) in [5, 5.41) is 2.82. The lowest BCUT2D eigenvalue weighted by atomic mass is 10.0. The van der Waals surface area contributed by atoms with Gasteiger partial charge in [-0.1, -0.05) is 25.1 Å². The Kier molecular flexibility index (Phi) is 5.44. The predicted octanol–water partition coefficient (Wildman–Crippen LogP) is 3.67. The van der Waals surface area contributed by atoms with E-state index >= 15 is 0 Å². The summed E-state index contributed by atoms with van der Waals surface area (Å²) < 4.78 is 27.3. The Balaban J connectivity index is 1.80. The van der Waals surface area contributed by atoms with Crippen LogP contribution in [0.3, 0.4) is 0 Å². The van der Waals surface area contributed by atoms with E-state index in [4.69, 9.17) is 0 Å². The zero-order valence-corrected chi connectivity index (χ0v) is 15.9. The molecular weight excluding hydrogens is 348 g/mol. The maximum absolute atomic E-state index is 12.9. The average Bonchev–Trinajstić information content (AvgIpc) is 2.62. The lowest BCUT2D eigenvalue weighted by molar-refractivity contribution is 0.102. The van der Waals surface area contributed by atoms with Gasteiger partial charge in [0.2, 0.25) is 10.0 Å². The maximum atomic E-state index is 12.9. The number of hydrogen-bond donors (Lipinski definition) is 1. The highest BCUT2D eigenvalue weighted by atomic mass is 32.2. The molecule has 1 saturated heterocycles. The highest BCUT2D eigenvalue weighted by Crippen LogP contribution is 2.24. The van der Waals surface area contributed by atoms with Gasteiger partial charge in [0, 0.05) is 24.3 Å². The molecule has 1 amide bonds. The maximum Gasteiger partial charge on any atom is 0.255 e. The molecule has 1 aliphatic rings. The molecule has 0 atom stereocenters. The van der Waals surface area contributed by atoms with Crippen molar-refractivity contribution < 1.29 is 13.2 Å². The van der Waals surface area contributed by atoms with Crippen molar-refractivity contribution in [3.63, 3.8) is 0 Å². The Morgan fingerprint density at radius 3 is 2.46 bits per heavy atom. The van der Waals surface area contributed by atoms with E-state index in [2.05, 4.69) is 12.2 Å². The van der Waals surface area contributed by atoms with E-state index in [0.717, 1.165) is 18.4 Å². The van der Waals surface area contributed by atoms with Crippen LogP contribution < -0.4 is 5.32 Å². The largest absolute Gasteiger partial charge is 0.322 e. The molecule has 2 aromatic rings. The Bertz CT molecular complexity index is 901. The fraction of sp³-hybridized carbons (Fsp3) is 0.350. The minimum Gasteiger partial charge on any atom is -0.322 e. The van der Waals surface area contributed by atoms with Gasteiger partial charge >= 0.3 is 0 Å². The van der Waals surface area contributed by atoms with Crippen molar-refractivity contribution >= 4 is 21.6 Å². The first-order valence-corrected chi connectivity index (χ1v) is 10.3. The van der Waals surface area contributed by atoms with Crippen LogP contribution >= 0.6 is 0 Å². The van der Waals surface area contributed by atoms with Crippen molar-refractivity contribution in [3.8, 4) is 0 Å². The molecule has 0 saturated carbocycles. The van der Waals surface area contributed by atoms with Crippen LogP contribution in [-0.4, -0.2) is 31.7 Å². The van der Waals surface area contributed by atoms with Crippen LogP contribution in [0.15, 0.2) is 53.4 Å². The van der Waals surface area contributed by atoms with Crippen LogP contribution in [-0.2, 0) is 10.0 Å². The van der Waals surface area contributed by atoms with E-state index in [-0.39, 0.29) is 10.8 Å². The van der Waals surface area contributed by atoms with Crippen LogP contribution in [0.2, 0.25) is 0 Å². The molecule has 5 nitrogen and oxygen atoms in total. The molecule has 138 valence electrons. The molecular formula is C20H24N2O3S. The molecule has 3 rings (SSSR count). The first-order valence-electron chi connectivity index (χ1n) is 8.84. The van der Waals surface area contributed by atoms with Crippen LogP contribution in [0.5, 0.6) is 0 Å². The van der Waals surface area contributed by atoms with Gasteiger partial charge < -0.3 is 5.32 Å². The molecule has 6 heteroatoms. The highest BCUT2D eigenvalue weighted by Gasteiger charge is 2.28. The average molecular weight is 372 g/mol. The second-order valence-electron chi connectivity index (χ2n) is 6.94. The Morgan fingerprint density at radius 2 is 1.77 bits per heavy atom. The monoisotopic (exact) mass is 372 g/mol. The third-order valence-electron chi connectivity index (χ3n) is 4.75. The van der Waals surface area contributed by atoms with Crippen molar-refractivity contribution in [1.82, 2.24) is 4.31 Å². The van der Waals surface area contributed by atoms with Crippen molar-refractivity contribution in [2.75, 3.05) is 18.4 Å². The molecule has 1 aliphatic heterocycles. The molecule has 0 aromatic heterocycles. The predicted molar refractivity (Wildman–Crippen MR) is 103 cm³/mol. The topological polar surface area (TPSA) is 66.5 Å². The van der Waals surface area contributed by atoms with Gasteiger partial charge in [0.25, 0.3) is 5.91 Å². The second kappa shape index (κ2) is 7.60. The van der Waals surface area contributed by atoms with E-state index in [1.807, 2.05) is 25.1 Å². The molecule has 0 unspecified atom stereocenters. The third-order valence-corrected chi connectivity index (χ3v) is 6.65. The third kappa shape index (κ3) is 4.14. The number of nitrogens with zero attached hydrogens (tertiary/aromatic N) is 1. The summed E-state index contributed by atoms with van der Waals surface area (Å²) >= 11 is 0. The van der Waals surface area contributed by atoms with Crippen LogP contribution in [0.4, 0.5) is 5.69 Å². The molecule has 26 heavy (non-hydrogen) atoms. The zero-order valence-electron chi connectivity index (χ0n) is 15.1. The normalized spacial score (nSPS) is 16.4. The van der Waals surface area contributed by atoms with E-state index in [9.17, 15) is 13.2 Å². The number of nitrogens with one attached hydrogen (secondary N) is 1. The van der Waals surface area contributed by atoms with Crippen LogP contribution in [0.1, 0.15) is 35.7 Å². The summed E-state index contributed by atoms with van der Waals surface area (Å²) in [7, 11) is -3.57. The van der Waals surface area contributed by atoms with E-state index < -0.39 is 10.0 Å². The Labute approximate surface area is 155 Å². The first-order chi connectivity index (χ1) is 12.4. The highest BCUT2D eigenvalue weighted by molar-refractivity contribution is 7.89. The lowest BCUT2D eigenvalue weighted by Gasteiger charge is -2.29. The van der Waals surface area contributed by atoms with Gasteiger partial charge in [-0.25, -0.2) is 8.42 Å². The van der Waals surface area contributed by atoms with Crippen molar-refractivity contribution in [1.29, 1.82) is 0 Å². The number of amides is 1. The summed E-state index contributed by atoms with van der Waals surface area (Å²) in [6.45, 7) is 5.15. The summed E-state index contributed by atoms with van der Waals surface area (Å²) in [5.74, 6) is 0.229. The molecule has 1 N–H and O–H groups in total. The lowest BCUT2D eigenvalue weighted by Crippen LogP contribution is -2.37. The minimum atomic E-state index is -3.57. The number of carbonyl (C=O) groups excluding carboxylic acids is 1. The van der Waals surface area contributed by atoms with Crippen LogP contribution in [0, 0.1) is 12.8 Å². The fourth-order valence-corrected chi connectivity index (χ4v) is 4.61. The number of rotatable bonds is 4. The van der Waals surface area contributed by atoms with Crippen LogP contribution in [0.25, 0.3) is 0 Å². The molecule has 2 aromatic carbocycles. The summed E-state index contributed by atoms with van der Waals surface area (Å²) in [5.41, 5.74) is 2.06. The van der Waals surface area contributed by atoms with Crippen molar-refractivity contribution in [2.24, 2.45) is 5.92 Å². The quantitative estimate of drug-likeness (QED) is 0.890. The van der Waals surface area contributed by atoms with Gasteiger partial charge in [-0.05, 0) is 61.6 Å². The Hall–Kier alpha value is -2.18. The van der Waals surface area contributed by atoms with Gasteiger partial charge in [0.05, 0.1) is 4.90 Å². The standard InChI is InChI=1S/C20H24N2O3S/c1-15-9-11-22(12-10-15)26(24,25)19-8-4-6-17(14-19)20(23)21-18-7-3-5-16(2)13-18/h3-8,13-15H,9-12H2,1-2H3,(H,21,23). The molecule has 1 fully saturated rings. The molecule has 1 heterocycles. The number of aryl methyl sites for hydroxylation is 1. The van der Waals surface area contributed by atoms with E-state index in [0.29, 0.717) is 30.3 Å². The van der Waals surface area contributed by atoms with Gasteiger partial charge in [0.1, 0.15) is 0 Å². The zero-order chi connectivity index (χ0) is 18.7. The first kappa shape index (κ1) is 18.6. The Morgan fingerprint density at radius 1 is 1.08 bits per heavy atom. The van der Waals surface area contributed by atoms with E-state index in [1.165, 1.54) is 10.4 Å². The molecule has 0 aliphatic carbocycles. The van der Waals surface area contributed by atoms with Gasteiger partial charge in [-0.3, -0.25) is 4.79 Å². The number of hydrogen-bond acceptors (Lipinski definition) is 3. The minimum absolute atomic E-state index is 0.170. The van der Waals surface area contributed by atoms with Crippen molar-refractivity contribution in [2.45, 2.75) is 31.6 Å². The molecule has 0 bridgehead atoms. The summed E-state index contributed by atoms with van der Waals surface area (Å²) in [4.78, 5) is 12.7. The number of sulfonamides is 1. The van der Waals surface area contributed by atoms with Crippen molar-refractivity contribution in [3.05, 3.63) is 59.7 Å². The smallest absolute Gasteiger partial charge is 0.255 e.